The molecule has 6 nitrogen and oxygen atoms in total. The molecule has 8 heteroatoms. The van der Waals surface area contributed by atoms with E-state index in [1.54, 1.807) is 11.8 Å². The Hall–Kier alpha value is -2.71. The van der Waals surface area contributed by atoms with Crippen LogP contribution in [0.25, 0.3) is 0 Å². The largest absolute Gasteiger partial charge is 0.331 e. The summed E-state index contributed by atoms with van der Waals surface area (Å²) >= 11 is 3.08. The Kier molecular flexibility index (Phi) is 5.68. The number of para-hydroxylation sites is 2. The van der Waals surface area contributed by atoms with Gasteiger partial charge in [-0.3, -0.25) is 4.99 Å². The first-order chi connectivity index (χ1) is 13.7. The van der Waals surface area contributed by atoms with Gasteiger partial charge in [0.2, 0.25) is 0 Å². The standard InChI is InChI=1S/C20H20N6S2/c1-13-7-3-5-9-15(13)22-19-25-17(24-18-21-11-12-27-18)26-20(28-19)23-16-10-6-4-8-14(16)2/h3-10H,11-12H2,1-2H3,(H2,21,22,23,24,25,26). The highest BCUT2D eigenvalue weighted by Crippen LogP contribution is 2.27. The molecule has 0 saturated heterocycles. The van der Waals surface area contributed by atoms with Gasteiger partial charge in [-0.15, -0.1) is 0 Å². The van der Waals surface area contributed by atoms with Crippen LogP contribution in [0.15, 0.2) is 58.5 Å². The Balaban J connectivity index is 1.72. The Morgan fingerprint density at radius 1 is 0.857 bits per heavy atom. The first-order valence-electron chi connectivity index (χ1n) is 8.94. The van der Waals surface area contributed by atoms with Gasteiger partial charge in [0.15, 0.2) is 15.4 Å². The van der Waals surface area contributed by atoms with Crippen LogP contribution in [0.1, 0.15) is 11.1 Å². The smallest absolute Gasteiger partial charge is 0.257 e. The van der Waals surface area contributed by atoms with Gasteiger partial charge in [-0.05, 0) is 37.1 Å². The van der Waals surface area contributed by atoms with Crippen LogP contribution >= 0.6 is 23.1 Å². The molecule has 1 aliphatic rings. The van der Waals surface area contributed by atoms with Crippen LogP contribution in [0.4, 0.5) is 21.6 Å². The van der Waals surface area contributed by atoms with Gasteiger partial charge in [-0.2, -0.15) is 15.0 Å². The second kappa shape index (κ2) is 8.53. The van der Waals surface area contributed by atoms with E-state index in [2.05, 4.69) is 56.6 Å². The van der Waals surface area contributed by atoms with Crippen LogP contribution in [0.5, 0.6) is 0 Å². The first kappa shape index (κ1) is 18.6. The molecule has 0 aliphatic carbocycles. The van der Waals surface area contributed by atoms with Crippen LogP contribution < -0.4 is 16.3 Å². The van der Waals surface area contributed by atoms with Crippen LogP contribution in [0.2, 0.25) is 0 Å². The number of aromatic nitrogens is 2. The number of amidine groups is 1. The van der Waals surface area contributed by atoms with Crippen molar-refractivity contribution in [2.24, 2.45) is 9.98 Å². The monoisotopic (exact) mass is 408 g/mol. The van der Waals surface area contributed by atoms with Crippen molar-refractivity contribution in [3.8, 4) is 0 Å². The molecule has 142 valence electrons. The van der Waals surface area contributed by atoms with Crippen molar-refractivity contribution in [1.82, 2.24) is 9.97 Å². The normalized spacial score (nSPS) is 13.1. The fourth-order valence-corrected chi connectivity index (χ4v) is 4.09. The second-order valence-corrected chi connectivity index (χ2v) is 8.28. The van der Waals surface area contributed by atoms with Crippen molar-refractivity contribution in [1.29, 1.82) is 0 Å². The molecule has 0 amide bonds. The van der Waals surface area contributed by atoms with E-state index in [1.165, 1.54) is 11.3 Å². The summed E-state index contributed by atoms with van der Waals surface area (Å²) in [5.74, 6) is 0.955. The highest BCUT2D eigenvalue weighted by Gasteiger charge is 2.09. The maximum absolute atomic E-state index is 4.59. The average molecular weight is 409 g/mol. The number of nitrogens with one attached hydrogen (secondary N) is 2. The van der Waals surface area contributed by atoms with Crippen molar-refractivity contribution < 1.29 is 0 Å². The predicted molar refractivity (Wildman–Crippen MR) is 119 cm³/mol. The highest BCUT2D eigenvalue weighted by molar-refractivity contribution is 8.14. The molecule has 3 aromatic rings. The molecule has 0 fully saturated rings. The summed E-state index contributed by atoms with van der Waals surface area (Å²) in [5.41, 5.74) is 4.72. The third kappa shape index (κ3) is 4.58. The molecule has 2 N–H and O–H groups in total. The summed E-state index contributed by atoms with van der Waals surface area (Å²) in [6, 6.07) is 16.2. The van der Waals surface area contributed by atoms with E-state index in [4.69, 9.17) is 0 Å². The van der Waals surface area contributed by atoms with Crippen LogP contribution in [0.3, 0.4) is 0 Å². The number of aryl methyl sites for hydroxylation is 2. The highest BCUT2D eigenvalue weighted by atomic mass is 32.2. The van der Waals surface area contributed by atoms with E-state index in [-0.39, 0.29) is 0 Å². The number of aliphatic imine (C=N–C) groups is 1. The van der Waals surface area contributed by atoms with E-state index < -0.39 is 0 Å². The zero-order valence-corrected chi connectivity index (χ0v) is 17.3. The Labute approximate surface area is 171 Å². The summed E-state index contributed by atoms with van der Waals surface area (Å²) in [7, 11) is 0. The molecule has 1 aromatic heterocycles. The van der Waals surface area contributed by atoms with Crippen LogP contribution in [-0.2, 0) is 0 Å². The SMILES string of the molecule is Cc1ccccc1Nc1nc(=NC2=NCCS2)nc(Nc2ccccc2C)s1. The van der Waals surface area contributed by atoms with Gasteiger partial charge >= 0.3 is 0 Å². The van der Waals surface area contributed by atoms with Gasteiger partial charge in [-0.1, -0.05) is 59.5 Å². The minimum absolute atomic E-state index is 0.402. The number of anilines is 4. The molecular weight excluding hydrogens is 388 g/mol. The van der Waals surface area contributed by atoms with Crippen molar-refractivity contribution in [3.05, 3.63) is 65.3 Å². The zero-order chi connectivity index (χ0) is 19.3. The molecular formula is C20H20N6S2. The fourth-order valence-electron chi connectivity index (χ4n) is 2.63. The van der Waals surface area contributed by atoms with E-state index in [1.807, 2.05) is 36.4 Å². The molecule has 0 saturated carbocycles. The molecule has 0 bridgehead atoms. The number of benzene rings is 2. The summed E-state index contributed by atoms with van der Waals surface area (Å²) in [5, 5.41) is 8.98. The van der Waals surface area contributed by atoms with Crippen LogP contribution in [-0.4, -0.2) is 27.4 Å². The number of rotatable bonds is 4. The predicted octanol–water partition coefficient (Wildman–Crippen LogP) is 4.65. The first-order valence-corrected chi connectivity index (χ1v) is 10.7. The topological polar surface area (TPSA) is 74.6 Å². The lowest BCUT2D eigenvalue weighted by atomic mass is 10.2. The molecule has 0 unspecified atom stereocenters. The van der Waals surface area contributed by atoms with Gasteiger partial charge < -0.3 is 10.6 Å². The van der Waals surface area contributed by atoms with Gasteiger partial charge in [0.1, 0.15) is 0 Å². The minimum Gasteiger partial charge on any atom is -0.331 e. The summed E-state index contributed by atoms with van der Waals surface area (Å²) in [4.78, 5) is 18.1. The number of nitrogens with zero attached hydrogens (tertiary/aromatic N) is 4. The lowest BCUT2D eigenvalue weighted by molar-refractivity contribution is 1.05. The maximum atomic E-state index is 4.59. The number of thioether (sulfide) groups is 1. The second-order valence-electron chi connectivity index (χ2n) is 6.24. The van der Waals surface area contributed by atoms with E-state index in [0.29, 0.717) is 5.62 Å². The Morgan fingerprint density at radius 3 is 1.93 bits per heavy atom. The minimum atomic E-state index is 0.402. The molecule has 2 heterocycles. The van der Waals surface area contributed by atoms with Crippen molar-refractivity contribution in [2.45, 2.75) is 13.8 Å². The molecule has 0 radical (unpaired) electrons. The van der Waals surface area contributed by atoms with Gasteiger partial charge in [-0.25, -0.2) is 0 Å². The Bertz CT molecular complexity index is 1020. The average Bonchev–Trinajstić information content (AvgIpc) is 3.18. The van der Waals surface area contributed by atoms with Crippen LogP contribution in [0, 0.1) is 13.8 Å². The third-order valence-electron chi connectivity index (χ3n) is 4.13. The maximum Gasteiger partial charge on any atom is 0.257 e. The quantitative estimate of drug-likeness (QED) is 0.657. The lowest BCUT2D eigenvalue weighted by Crippen LogP contribution is -2.16. The number of hydrogen-bond acceptors (Lipinski definition) is 8. The van der Waals surface area contributed by atoms with E-state index >= 15 is 0 Å². The van der Waals surface area contributed by atoms with E-state index in [0.717, 1.165) is 50.2 Å². The molecule has 28 heavy (non-hydrogen) atoms. The van der Waals surface area contributed by atoms with Gasteiger partial charge in [0.25, 0.3) is 5.62 Å². The summed E-state index contributed by atoms with van der Waals surface area (Å²) in [6.45, 7) is 4.92. The molecule has 4 rings (SSSR count). The molecule has 0 spiro atoms. The molecule has 1 aliphatic heterocycles. The fraction of sp³-hybridized carbons (Fsp3) is 0.200. The summed E-state index contributed by atoms with van der Waals surface area (Å²) in [6.07, 6.45) is 0. The van der Waals surface area contributed by atoms with Crippen molar-refractivity contribution in [2.75, 3.05) is 22.9 Å². The number of hydrogen-bond donors (Lipinski definition) is 2. The van der Waals surface area contributed by atoms with Crippen molar-refractivity contribution in [3.63, 3.8) is 0 Å². The molecule has 2 aromatic carbocycles. The third-order valence-corrected chi connectivity index (χ3v) is 5.77. The summed E-state index contributed by atoms with van der Waals surface area (Å²) < 4.78 is 0. The zero-order valence-electron chi connectivity index (χ0n) is 15.6. The Morgan fingerprint density at radius 2 is 1.43 bits per heavy atom. The van der Waals surface area contributed by atoms with Gasteiger partial charge in [0.05, 0.1) is 6.54 Å². The van der Waals surface area contributed by atoms with E-state index in [9.17, 15) is 0 Å². The van der Waals surface area contributed by atoms with Gasteiger partial charge in [0, 0.05) is 17.1 Å². The lowest BCUT2D eigenvalue weighted by Gasteiger charge is -2.11. The molecule has 0 atom stereocenters. The van der Waals surface area contributed by atoms with Crippen molar-refractivity contribution >= 4 is 49.9 Å².